The van der Waals surface area contributed by atoms with E-state index in [-0.39, 0.29) is 18.2 Å². The van der Waals surface area contributed by atoms with Gasteiger partial charge in [-0.05, 0) is 36.8 Å². The number of nitrogens with one attached hydrogen (secondary N) is 1. The van der Waals surface area contributed by atoms with Gasteiger partial charge in [0.25, 0.3) is 0 Å². The number of anilines is 1. The number of aliphatic imine (C=N–C) groups is 1. The van der Waals surface area contributed by atoms with E-state index in [2.05, 4.69) is 16.9 Å². The lowest BCUT2D eigenvalue weighted by molar-refractivity contribution is -0.127. The number of hydrogen-bond donors (Lipinski definition) is 1. The fraction of sp³-hybridized carbons (Fsp3) is 0.227. The lowest BCUT2D eigenvalue weighted by Crippen LogP contribution is -2.33. The molecule has 8 heteroatoms. The number of hydrogen-bond acceptors (Lipinski definition) is 5. The number of benzene rings is 2. The predicted octanol–water partition coefficient (Wildman–Crippen LogP) is 4.80. The van der Waals surface area contributed by atoms with E-state index < -0.39 is 5.25 Å². The summed E-state index contributed by atoms with van der Waals surface area (Å²) in [7, 11) is 1.54. The van der Waals surface area contributed by atoms with Crippen LogP contribution in [0.5, 0.6) is 5.75 Å². The largest absolute Gasteiger partial charge is 0.494 e. The number of aryl methyl sites for hydroxylation is 1. The molecule has 0 radical (unpaired) electrons. The molecule has 1 aliphatic heterocycles. The maximum atomic E-state index is 12.9. The molecular formula is C22H22ClN3O3S. The van der Waals surface area contributed by atoms with Crippen molar-refractivity contribution in [1.29, 1.82) is 0 Å². The van der Waals surface area contributed by atoms with Gasteiger partial charge in [0.2, 0.25) is 11.8 Å². The summed E-state index contributed by atoms with van der Waals surface area (Å²) in [5, 5.41) is 3.29. The number of amides is 2. The third kappa shape index (κ3) is 5.04. The first-order chi connectivity index (χ1) is 14.4. The van der Waals surface area contributed by atoms with Crippen molar-refractivity contribution in [2.24, 2.45) is 4.99 Å². The highest BCUT2D eigenvalue weighted by Crippen LogP contribution is 2.36. The van der Waals surface area contributed by atoms with Crippen molar-refractivity contribution in [1.82, 2.24) is 4.90 Å². The number of amidine groups is 1. The Bertz CT molecular complexity index is 1010. The van der Waals surface area contributed by atoms with Gasteiger partial charge in [-0.1, -0.05) is 47.6 Å². The maximum absolute atomic E-state index is 12.9. The molecule has 1 fully saturated rings. The second kappa shape index (κ2) is 9.82. The number of nitrogens with zero attached hydrogens (tertiary/aromatic N) is 2. The Morgan fingerprint density at radius 2 is 2.13 bits per heavy atom. The van der Waals surface area contributed by atoms with Crippen molar-refractivity contribution in [3.05, 3.63) is 65.7 Å². The molecule has 1 N–H and O–H groups in total. The van der Waals surface area contributed by atoms with Crippen LogP contribution in [0, 0.1) is 6.92 Å². The second-order valence-electron chi connectivity index (χ2n) is 6.62. The third-order valence-electron chi connectivity index (χ3n) is 4.48. The number of methoxy groups -OCH3 is 1. The molecule has 1 atom stereocenters. The first-order valence-corrected chi connectivity index (χ1v) is 10.6. The van der Waals surface area contributed by atoms with Crippen LogP contribution in [-0.2, 0) is 9.59 Å². The molecule has 1 saturated heterocycles. The number of para-hydroxylation sites is 1. The maximum Gasteiger partial charge on any atom is 0.242 e. The summed E-state index contributed by atoms with van der Waals surface area (Å²) in [6, 6.07) is 12.6. The third-order valence-corrected chi connectivity index (χ3v) is 5.89. The predicted molar refractivity (Wildman–Crippen MR) is 123 cm³/mol. The van der Waals surface area contributed by atoms with Crippen LogP contribution in [-0.4, -0.2) is 40.8 Å². The molecule has 0 aromatic heterocycles. The quantitative estimate of drug-likeness (QED) is 0.624. The van der Waals surface area contributed by atoms with Gasteiger partial charge in [-0.25, -0.2) is 4.99 Å². The molecule has 1 heterocycles. The first kappa shape index (κ1) is 21.9. The lowest BCUT2D eigenvalue weighted by atomic mass is 10.2. The topological polar surface area (TPSA) is 71.0 Å². The van der Waals surface area contributed by atoms with E-state index in [1.165, 1.54) is 16.7 Å². The average Bonchev–Trinajstić information content (AvgIpc) is 2.99. The second-order valence-corrected chi connectivity index (χ2v) is 8.23. The molecule has 0 unspecified atom stereocenters. The van der Waals surface area contributed by atoms with Crippen molar-refractivity contribution < 1.29 is 14.3 Å². The van der Waals surface area contributed by atoms with Gasteiger partial charge in [0.1, 0.15) is 16.7 Å². The molecule has 0 bridgehead atoms. The van der Waals surface area contributed by atoms with Crippen molar-refractivity contribution >= 4 is 51.7 Å². The number of carbonyl (C=O) groups excluding carboxylic acids is 2. The highest BCUT2D eigenvalue weighted by Gasteiger charge is 2.38. The zero-order valence-corrected chi connectivity index (χ0v) is 18.3. The molecule has 0 saturated carbocycles. The number of rotatable bonds is 7. The number of carbonyl (C=O) groups is 2. The summed E-state index contributed by atoms with van der Waals surface area (Å²) < 4.78 is 5.34. The standard InChI is InChI=1S/C22H22ClN3O3S/c1-4-11-26-21(28)19(13-20(27)24-16-8-6-5-7-14(16)2)30-22(26)25-17-12-15(23)9-10-18(17)29-3/h4-10,12,19H,1,11,13H2,2-3H3,(H,24,27)/t19-/m0/s1. The molecule has 2 aromatic carbocycles. The van der Waals surface area contributed by atoms with Crippen LogP contribution in [0.1, 0.15) is 12.0 Å². The van der Waals surface area contributed by atoms with Gasteiger partial charge >= 0.3 is 0 Å². The summed E-state index contributed by atoms with van der Waals surface area (Å²) in [6.45, 7) is 5.93. The molecule has 2 aromatic rings. The van der Waals surface area contributed by atoms with Gasteiger partial charge in [0.05, 0.1) is 7.11 Å². The Kier molecular flexibility index (Phi) is 7.18. The van der Waals surface area contributed by atoms with E-state index in [9.17, 15) is 9.59 Å². The number of ether oxygens (including phenoxy) is 1. The van der Waals surface area contributed by atoms with E-state index in [0.717, 1.165) is 11.3 Å². The molecule has 0 aliphatic carbocycles. The minimum atomic E-state index is -0.571. The summed E-state index contributed by atoms with van der Waals surface area (Å²) in [5.41, 5.74) is 2.21. The molecule has 156 valence electrons. The Balaban J connectivity index is 1.81. The Morgan fingerprint density at radius 3 is 2.83 bits per heavy atom. The van der Waals surface area contributed by atoms with E-state index >= 15 is 0 Å². The first-order valence-electron chi connectivity index (χ1n) is 9.29. The fourth-order valence-electron chi connectivity index (χ4n) is 2.96. The average molecular weight is 444 g/mol. The molecule has 6 nitrogen and oxygen atoms in total. The van der Waals surface area contributed by atoms with Crippen LogP contribution >= 0.6 is 23.4 Å². The monoisotopic (exact) mass is 443 g/mol. The Morgan fingerprint density at radius 1 is 1.37 bits per heavy atom. The van der Waals surface area contributed by atoms with Crippen LogP contribution < -0.4 is 10.1 Å². The fourth-order valence-corrected chi connectivity index (χ4v) is 4.28. The van der Waals surface area contributed by atoms with Gasteiger partial charge in [-0.3, -0.25) is 14.5 Å². The number of halogens is 1. The summed E-state index contributed by atoms with van der Waals surface area (Å²) in [6.07, 6.45) is 1.66. The smallest absolute Gasteiger partial charge is 0.242 e. The van der Waals surface area contributed by atoms with Crippen molar-refractivity contribution in [3.8, 4) is 5.75 Å². The van der Waals surface area contributed by atoms with Crippen LogP contribution in [0.3, 0.4) is 0 Å². The summed E-state index contributed by atoms with van der Waals surface area (Å²) in [5.74, 6) is 0.133. The molecule has 1 aliphatic rings. The van der Waals surface area contributed by atoms with Gasteiger partial charge in [-0.2, -0.15) is 0 Å². The number of thioether (sulfide) groups is 1. The molecule has 30 heavy (non-hydrogen) atoms. The normalized spacial score (nSPS) is 17.3. The Hall–Kier alpha value is -2.77. The zero-order chi connectivity index (χ0) is 21.7. The zero-order valence-electron chi connectivity index (χ0n) is 16.7. The molecular weight excluding hydrogens is 422 g/mol. The molecule has 3 rings (SSSR count). The van der Waals surface area contributed by atoms with E-state index in [0.29, 0.717) is 28.2 Å². The minimum absolute atomic E-state index is 0.0389. The van der Waals surface area contributed by atoms with Crippen molar-refractivity contribution in [2.75, 3.05) is 19.0 Å². The summed E-state index contributed by atoms with van der Waals surface area (Å²) in [4.78, 5) is 31.6. The highest BCUT2D eigenvalue weighted by molar-refractivity contribution is 8.15. The van der Waals surface area contributed by atoms with Gasteiger partial charge < -0.3 is 10.1 Å². The molecule has 2 amide bonds. The minimum Gasteiger partial charge on any atom is -0.494 e. The Labute approximate surface area is 185 Å². The van der Waals surface area contributed by atoms with E-state index in [1.54, 1.807) is 31.4 Å². The highest BCUT2D eigenvalue weighted by atomic mass is 35.5. The van der Waals surface area contributed by atoms with Gasteiger partial charge in [0, 0.05) is 23.7 Å². The van der Waals surface area contributed by atoms with Crippen LogP contribution in [0.2, 0.25) is 5.02 Å². The van der Waals surface area contributed by atoms with Crippen LogP contribution in [0.25, 0.3) is 0 Å². The van der Waals surface area contributed by atoms with E-state index in [1.807, 2.05) is 31.2 Å². The van der Waals surface area contributed by atoms with Crippen molar-refractivity contribution in [2.45, 2.75) is 18.6 Å². The summed E-state index contributed by atoms with van der Waals surface area (Å²) >= 11 is 7.34. The van der Waals surface area contributed by atoms with E-state index in [4.69, 9.17) is 16.3 Å². The molecule has 0 spiro atoms. The van der Waals surface area contributed by atoms with Crippen LogP contribution in [0.15, 0.2) is 60.1 Å². The lowest BCUT2D eigenvalue weighted by Gasteiger charge is -2.14. The van der Waals surface area contributed by atoms with Gasteiger partial charge in [0.15, 0.2) is 5.17 Å². The SMILES string of the molecule is C=CCN1C(=O)[C@H](CC(=O)Nc2ccccc2C)SC1=Nc1cc(Cl)ccc1OC. The van der Waals surface area contributed by atoms with Gasteiger partial charge in [-0.15, -0.1) is 6.58 Å². The van der Waals surface area contributed by atoms with Crippen LogP contribution in [0.4, 0.5) is 11.4 Å². The van der Waals surface area contributed by atoms with Crippen molar-refractivity contribution in [3.63, 3.8) is 0 Å².